The molecule has 2 heterocycles. The number of carbonyl (C=O) groups excluding carboxylic acids is 1. The van der Waals surface area contributed by atoms with Crippen molar-refractivity contribution in [3.63, 3.8) is 0 Å². The van der Waals surface area contributed by atoms with Crippen molar-refractivity contribution in [3.8, 4) is 5.75 Å². The standard InChI is InChI=1S/C17H15BrN2O3/c1-11-3-6-16-19-13(9-20(16)8-11)10-23-17(21)12-4-5-15(22-2)14(18)7-12/h3-9H,10H2,1-2H3. The lowest BCUT2D eigenvalue weighted by Gasteiger charge is -2.06. The summed E-state index contributed by atoms with van der Waals surface area (Å²) < 4.78 is 13.1. The molecule has 118 valence electrons. The van der Waals surface area contributed by atoms with Gasteiger partial charge >= 0.3 is 5.97 Å². The predicted octanol–water partition coefficient (Wildman–Crippen LogP) is 3.77. The molecule has 6 heteroatoms. The fourth-order valence-electron chi connectivity index (χ4n) is 2.24. The number of benzene rings is 1. The van der Waals surface area contributed by atoms with Gasteiger partial charge in [0.05, 0.1) is 22.8 Å². The minimum Gasteiger partial charge on any atom is -0.496 e. The molecule has 0 atom stereocenters. The summed E-state index contributed by atoms with van der Waals surface area (Å²) in [4.78, 5) is 16.5. The van der Waals surface area contributed by atoms with Gasteiger partial charge in [0, 0.05) is 12.4 Å². The van der Waals surface area contributed by atoms with Crippen molar-refractivity contribution in [1.29, 1.82) is 0 Å². The van der Waals surface area contributed by atoms with Gasteiger partial charge in [-0.1, -0.05) is 6.07 Å². The maximum Gasteiger partial charge on any atom is 0.338 e. The number of ether oxygens (including phenoxy) is 2. The van der Waals surface area contributed by atoms with Crippen molar-refractivity contribution in [2.45, 2.75) is 13.5 Å². The van der Waals surface area contributed by atoms with E-state index >= 15 is 0 Å². The van der Waals surface area contributed by atoms with Crippen LogP contribution >= 0.6 is 15.9 Å². The van der Waals surface area contributed by atoms with Crippen molar-refractivity contribution in [2.75, 3.05) is 7.11 Å². The Kier molecular flexibility index (Phi) is 4.34. The van der Waals surface area contributed by atoms with E-state index in [2.05, 4.69) is 20.9 Å². The van der Waals surface area contributed by atoms with Crippen LogP contribution in [0.25, 0.3) is 5.65 Å². The number of esters is 1. The number of hydrogen-bond donors (Lipinski definition) is 0. The van der Waals surface area contributed by atoms with E-state index in [-0.39, 0.29) is 6.61 Å². The molecular weight excluding hydrogens is 360 g/mol. The molecule has 3 aromatic rings. The average molecular weight is 375 g/mol. The molecule has 0 saturated carbocycles. The molecule has 0 aliphatic heterocycles. The summed E-state index contributed by atoms with van der Waals surface area (Å²) in [5, 5.41) is 0. The molecule has 0 fully saturated rings. The van der Waals surface area contributed by atoms with Crippen molar-refractivity contribution in [2.24, 2.45) is 0 Å². The molecule has 0 spiro atoms. The van der Waals surface area contributed by atoms with Crippen molar-refractivity contribution < 1.29 is 14.3 Å². The van der Waals surface area contributed by atoms with Gasteiger partial charge in [-0.2, -0.15) is 0 Å². The van der Waals surface area contributed by atoms with Crippen molar-refractivity contribution in [3.05, 3.63) is 64.0 Å². The fraction of sp³-hybridized carbons (Fsp3) is 0.176. The van der Waals surface area contributed by atoms with Gasteiger partial charge in [-0.25, -0.2) is 9.78 Å². The number of hydrogen-bond acceptors (Lipinski definition) is 4. The van der Waals surface area contributed by atoms with Gasteiger partial charge in [0.25, 0.3) is 0 Å². The van der Waals surface area contributed by atoms with Crippen LogP contribution in [0.1, 0.15) is 21.6 Å². The molecule has 23 heavy (non-hydrogen) atoms. The number of imidazole rings is 1. The molecule has 0 amide bonds. The summed E-state index contributed by atoms with van der Waals surface area (Å²) in [6, 6.07) is 8.98. The van der Waals surface area contributed by atoms with E-state index in [1.54, 1.807) is 25.3 Å². The predicted molar refractivity (Wildman–Crippen MR) is 89.7 cm³/mol. The quantitative estimate of drug-likeness (QED) is 0.652. The first-order chi connectivity index (χ1) is 11.1. The second-order valence-corrected chi connectivity index (χ2v) is 5.98. The van der Waals surface area contributed by atoms with Gasteiger partial charge in [0.15, 0.2) is 0 Å². The minimum atomic E-state index is -0.401. The Labute approximate surface area is 142 Å². The number of carbonyl (C=O) groups is 1. The van der Waals surface area contributed by atoms with Crippen LogP contribution < -0.4 is 4.74 Å². The normalized spacial score (nSPS) is 10.7. The highest BCUT2D eigenvalue weighted by Gasteiger charge is 2.11. The Bertz CT molecular complexity index is 873. The van der Waals surface area contributed by atoms with Crippen LogP contribution in [0.2, 0.25) is 0 Å². The van der Waals surface area contributed by atoms with E-state index in [1.807, 2.05) is 35.9 Å². The average Bonchev–Trinajstić information content (AvgIpc) is 2.94. The fourth-order valence-corrected chi connectivity index (χ4v) is 2.78. The van der Waals surface area contributed by atoms with E-state index in [0.29, 0.717) is 21.5 Å². The first-order valence-electron chi connectivity index (χ1n) is 7.02. The number of rotatable bonds is 4. The van der Waals surface area contributed by atoms with E-state index in [9.17, 15) is 4.79 Å². The maximum absolute atomic E-state index is 12.1. The Hall–Kier alpha value is -2.34. The molecule has 0 bridgehead atoms. The third-order valence-electron chi connectivity index (χ3n) is 3.39. The topological polar surface area (TPSA) is 52.8 Å². The zero-order chi connectivity index (χ0) is 16.4. The Morgan fingerprint density at radius 3 is 2.83 bits per heavy atom. The number of nitrogens with zero attached hydrogens (tertiary/aromatic N) is 2. The van der Waals surface area contributed by atoms with Crippen LogP contribution in [0.3, 0.4) is 0 Å². The van der Waals surface area contributed by atoms with Gasteiger partial charge in [-0.3, -0.25) is 0 Å². The van der Waals surface area contributed by atoms with Crippen molar-refractivity contribution in [1.82, 2.24) is 9.38 Å². The first-order valence-corrected chi connectivity index (χ1v) is 7.81. The van der Waals surface area contributed by atoms with Crippen LogP contribution in [0, 0.1) is 6.92 Å². The van der Waals surface area contributed by atoms with Gasteiger partial charge in [0.2, 0.25) is 0 Å². The summed E-state index contributed by atoms with van der Waals surface area (Å²) in [6.45, 7) is 2.14. The molecule has 5 nitrogen and oxygen atoms in total. The summed E-state index contributed by atoms with van der Waals surface area (Å²) in [5.41, 5.74) is 3.13. The highest BCUT2D eigenvalue weighted by Crippen LogP contribution is 2.25. The molecule has 0 saturated heterocycles. The lowest BCUT2D eigenvalue weighted by molar-refractivity contribution is 0.0468. The van der Waals surface area contributed by atoms with Crippen molar-refractivity contribution >= 4 is 27.5 Å². The largest absolute Gasteiger partial charge is 0.496 e. The molecule has 0 N–H and O–H groups in total. The van der Waals surface area contributed by atoms with Crippen LogP contribution in [0.5, 0.6) is 5.75 Å². The zero-order valence-electron chi connectivity index (χ0n) is 12.7. The Balaban J connectivity index is 1.71. The Morgan fingerprint density at radius 2 is 2.09 bits per heavy atom. The number of halogens is 1. The van der Waals surface area contributed by atoms with E-state index in [4.69, 9.17) is 9.47 Å². The van der Waals surface area contributed by atoms with Crippen LogP contribution in [-0.2, 0) is 11.3 Å². The van der Waals surface area contributed by atoms with Crippen LogP contribution in [-0.4, -0.2) is 22.5 Å². The smallest absolute Gasteiger partial charge is 0.338 e. The molecule has 1 aromatic carbocycles. The minimum absolute atomic E-state index is 0.128. The number of fused-ring (bicyclic) bond motifs is 1. The molecule has 0 radical (unpaired) electrons. The zero-order valence-corrected chi connectivity index (χ0v) is 14.3. The lowest BCUT2D eigenvalue weighted by Crippen LogP contribution is -2.05. The molecule has 2 aromatic heterocycles. The highest BCUT2D eigenvalue weighted by atomic mass is 79.9. The van der Waals surface area contributed by atoms with Gasteiger partial charge in [-0.05, 0) is 52.7 Å². The number of pyridine rings is 1. The third kappa shape index (κ3) is 3.37. The van der Waals surface area contributed by atoms with Gasteiger partial charge < -0.3 is 13.9 Å². The SMILES string of the molecule is COc1ccc(C(=O)OCc2cn3cc(C)ccc3n2)cc1Br. The van der Waals surface area contributed by atoms with E-state index < -0.39 is 5.97 Å². The molecule has 0 aliphatic carbocycles. The summed E-state index contributed by atoms with van der Waals surface area (Å²) in [6.07, 6.45) is 3.84. The first kappa shape index (κ1) is 15.6. The molecule has 3 rings (SSSR count). The number of methoxy groups -OCH3 is 1. The maximum atomic E-state index is 12.1. The summed E-state index contributed by atoms with van der Waals surface area (Å²) >= 11 is 3.35. The second kappa shape index (κ2) is 6.42. The molecule has 0 unspecified atom stereocenters. The molecular formula is C17H15BrN2O3. The van der Waals surface area contributed by atoms with E-state index in [0.717, 1.165) is 11.2 Å². The number of aryl methyl sites for hydroxylation is 1. The summed E-state index contributed by atoms with van der Waals surface area (Å²) in [7, 11) is 1.57. The lowest BCUT2D eigenvalue weighted by atomic mass is 10.2. The van der Waals surface area contributed by atoms with Gasteiger partial charge in [-0.15, -0.1) is 0 Å². The second-order valence-electron chi connectivity index (χ2n) is 5.13. The third-order valence-corrected chi connectivity index (χ3v) is 4.01. The van der Waals surface area contributed by atoms with E-state index in [1.165, 1.54) is 0 Å². The van der Waals surface area contributed by atoms with Crippen LogP contribution in [0.15, 0.2) is 47.2 Å². The highest BCUT2D eigenvalue weighted by molar-refractivity contribution is 9.10. The number of aromatic nitrogens is 2. The monoisotopic (exact) mass is 374 g/mol. The Morgan fingerprint density at radius 1 is 1.26 bits per heavy atom. The van der Waals surface area contributed by atoms with Gasteiger partial charge in [0.1, 0.15) is 18.0 Å². The summed E-state index contributed by atoms with van der Waals surface area (Å²) in [5.74, 6) is 0.263. The molecule has 0 aliphatic rings. The van der Waals surface area contributed by atoms with Crippen LogP contribution in [0.4, 0.5) is 0 Å².